The molecule has 2 N–H and O–H groups in total. The Bertz CT molecular complexity index is 624. The van der Waals surface area contributed by atoms with Crippen molar-refractivity contribution in [2.24, 2.45) is 0 Å². The zero-order chi connectivity index (χ0) is 15.4. The summed E-state index contributed by atoms with van der Waals surface area (Å²) in [4.78, 5) is 7.88. The first kappa shape index (κ1) is 15.2. The predicted molar refractivity (Wildman–Crippen MR) is 80.4 cm³/mol. The molecule has 1 aromatic carbocycles. The quantitative estimate of drug-likeness (QED) is 0.854. The first-order valence-corrected chi connectivity index (χ1v) is 6.52. The first-order valence-electron chi connectivity index (χ1n) is 6.14. The summed E-state index contributed by atoms with van der Waals surface area (Å²) in [5.41, 5.74) is 7.55. The van der Waals surface area contributed by atoms with Gasteiger partial charge in [-0.15, -0.1) is 0 Å². The molecule has 0 saturated heterocycles. The Morgan fingerprint density at radius 1 is 1.10 bits per heavy atom. The van der Waals surface area contributed by atoms with E-state index in [1.54, 1.807) is 27.5 Å². The SMILES string of the molecule is COc1cc(Cc2cnc(Cl)nc2N)cc(OC)c1OC. The van der Waals surface area contributed by atoms with Gasteiger partial charge in [0, 0.05) is 18.2 Å². The number of halogens is 1. The number of rotatable bonds is 5. The van der Waals surface area contributed by atoms with Gasteiger partial charge in [0.1, 0.15) is 5.82 Å². The molecule has 1 aromatic heterocycles. The van der Waals surface area contributed by atoms with Crippen molar-refractivity contribution in [3.8, 4) is 17.2 Å². The minimum atomic E-state index is 0.126. The number of methoxy groups -OCH3 is 3. The van der Waals surface area contributed by atoms with Gasteiger partial charge in [0.25, 0.3) is 0 Å². The van der Waals surface area contributed by atoms with E-state index in [1.165, 1.54) is 0 Å². The Hall–Kier alpha value is -2.21. The van der Waals surface area contributed by atoms with Crippen LogP contribution >= 0.6 is 11.6 Å². The molecule has 6 nitrogen and oxygen atoms in total. The second-order valence-electron chi connectivity index (χ2n) is 4.26. The van der Waals surface area contributed by atoms with E-state index in [0.29, 0.717) is 29.5 Å². The van der Waals surface area contributed by atoms with Gasteiger partial charge in [0.05, 0.1) is 21.3 Å². The number of hydrogen-bond acceptors (Lipinski definition) is 6. The van der Waals surface area contributed by atoms with Crippen LogP contribution in [0.2, 0.25) is 5.28 Å². The zero-order valence-electron chi connectivity index (χ0n) is 12.0. The maximum Gasteiger partial charge on any atom is 0.224 e. The molecule has 2 aromatic rings. The number of aromatic nitrogens is 2. The highest BCUT2D eigenvalue weighted by molar-refractivity contribution is 6.28. The first-order chi connectivity index (χ1) is 10.1. The van der Waals surface area contributed by atoms with E-state index in [2.05, 4.69) is 9.97 Å². The van der Waals surface area contributed by atoms with Crippen molar-refractivity contribution in [1.82, 2.24) is 9.97 Å². The lowest BCUT2D eigenvalue weighted by Crippen LogP contribution is -2.02. The Morgan fingerprint density at radius 2 is 1.71 bits per heavy atom. The molecule has 7 heteroatoms. The summed E-state index contributed by atoms with van der Waals surface area (Å²) in [6.45, 7) is 0. The van der Waals surface area contributed by atoms with Crippen LogP contribution in [-0.2, 0) is 6.42 Å². The lowest BCUT2D eigenvalue weighted by atomic mass is 10.1. The monoisotopic (exact) mass is 309 g/mol. The average Bonchev–Trinajstić information content (AvgIpc) is 2.49. The number of ether oxygens (including phenoxy) is 3. The van der Waals surface area contributed by atoms with E-state index in [4.69, 9.17) is 31.5 Å². The largest absolute Gasteiger partial charge is 0.493 e. The fraction of sp³-hybridized carbons (Fsp3) is 0.286. The molecule has 0 aliphatic rings. The van der Waals surface area contributed by atoms with Crippen LogP contribution in [-0.4, -0.2) is 31.3 Å². The molecule has 0 amide bonds. The zero-order valence-corrected chi connectivity index (χ0v) is 12.8. The van der Waals surface area contributed by atoms with Crippen molar-refractivity contribution >= 4 is 17.4 Å². The molecule has 21 heavy (non-hydrogen) atoms. The van der Waals surface area contributed by atoms with Crippen LogP contribution in [0.3, 0.4) is 0 Å². The lowest BCUT2D eigenvalue weighted by Gasteiger charge is -2.14. The number of nitrogen functional groups attached to an aromatic ring is 1. The predicted octanol–water partition coefficient (Wildman–Crippen LogP) is 2.33. The van der Waals surface area contributed by atoms with E-state index < -0.39 is 0 Å². The highest BCUT2D eigenvalue weighted by Gasteiger charge is 2.14. The van der Waals surface area contributed by atoms with E-state index in [9.17, 15) is 0 Å². The van der Waals surface area contributed by atoms with Crippen molar-refractivity contribution in [2.45, 2.75) is 6.42 Å². The third-order valence-corrected chi connectivity index (χ3v) is 3.17. The van der Waals surface area contributed by atoms with Crippen LogP contribution in [0.1, 0.15) is 11.1 Å². The summed E-state index contributed by atoms with van der Waals surface area (Å²) in [5.74, 6) is 2.06. The smallest absolute Gasteiger partial charge is 0.224 e. The maximum absolute atomic E-state index is 5.84. The molecule has 112 valence electrons. The number of nitrogens with zero attached hydrogens (tertiary/aromatic N) is 2. The van der Waals surface area contributed by atoms with Crippen LogP contribution < -0.4 is 19.9 Å². The van der Waals surface area contributed by atoms with E-state index in [1.807, 2.05) is 12.1 Å². The standard InChI is InChI=1S/C14H16ClN3O3/c1-19-10-5-8(6-11(20-2)12(10)21-3)4-9-7-17-14(15)18-13(9)16/h5-7H,4H2,1-3H3,(H2,16,17,18). The second-order valence-corrected chi connectivity index (χ2v) is 4.60. The van der Waals surface area contributed by atoms with Crippen molar-refractivity contribution in [2.75, 3.05) is 27.1 Å². The van der Waals surface area contributed by atoms with Crippen LogP contribution in [0, 0.1) is 0 Å². The van der Waals surface area contributed by atoms with Gasteiger partial charge in [-0.1, -0.05) is 0 Å². The number of benzene rings is 1. The summed E-state index contributed by atoms with van der Waals surface area (Å²) in [7, 11) is 4.70. The van der Waals surface area contributed by atoms with E-state index >= 15 is 0 Å². The van der Waals surface area contributed by atoms with Gasteiger partial charge in [0.2, 0.25) is 11.0 Å². The average molecular weight is 310 g/mol. The fourth-order valence-electron chi connectivity index (χ4n) is 1.99. The Balaban J connectivity index is 2.40. The Kier molecular flexibility index (Phi) is 4.70. The molecular formula is C14H16ClN3O3. The van der Waals surface area contributed by atoms with E-state index in [0.717, 1.165) is 11.1 Å². The molecular weight excluding hydrogens is 294 g/mol. The molecule has 1 heterocycles. The minimum Gasteiger partial charge on any atom is -0.493 e. The number of anilines is 1. The molecule has 0 aliphatic carbocycles. The van der Waals surface area contributed by atoms with E-state index in [-0.39, 0.29) is 5.28 Å². The molecule has 0 fully saturated rings. The van der Waals surface area contributed by atoms with Gasteiger partial charge in [0.15, 0.2) is 11.5 Å². The van der Waals surface area contributed by atoms with Crippen LogP contribution in [0.5, 0.6) is 17.2 Å². The minimum absolute atomic E-state index is 0.126. The molecule has 0 aliphatic heterocycles. The van der Waals surface area contributed by atoms with Gasteiger partial charge in [-0.2, -0.15) is 0 Å². The third kappa shape index (κ3) is 3.28. The highest BCUT2D eigenvalue weighted by atomic mass is 35.5. The Labute approximate surface area is 127 Å². The summed E-state index contributed by atoms with van der Waals surface area (Å²) < 4.78 is 15.9. The topological polar surface area (TPSA) is 79.5 Å². The molecule has 0 saturated carbocycles. The van der Waals surface area contributed by atoms with Crippen molar-refractivity contribution in [1.29, 1.82) is 0 Å². The third-order valence-electron chi connectivity index (χ3n) is 2.99. The van der Waals surface area contributed by atoms with Gasteiger partial charge < -0.3 is 19.9 Å². The van der Waals surface area contributed by atoms with Crippen molar-refractivity contribution in [3.05, 3.63) is 34.7 Å². The van der Waals surface area contributed by atoms with Crippen molar-refractivity contribution < 1.29 is 14.2 Å². The Morgan fingerprint density at radius 3 is 2.19 bits per heavy atom. The maximum atomic E-state index is 5.84. The summed E-state index contributed by atoms with van der Waals surface area (Å²) in [5, 5.41) is 0.126. The second kappa shape index (κ2) is 6.49. The van der Waals surface area contributed by atoms with Crippen molar-refractivity contribution in [3.63, 3.8) is 0 Å². The molecule has 0 bridgehead atoms. The summed E-state index contributed by atoms with van der Waals surface area (Å²) in [6, 6.07) is 3.71. The molecule has 0 radical (unpaired) electrons. The highest BCUT2D eigenvalue weighted by Crippen LogP contribution is 2.38. The molecule has 0 spiro atoms. The van der Waals surface area contributed by atoms with Gasteiger partial charge in [-0.05, 0) is 29.3 Å². The van der Waals surface area contributed by atoms with Crippen LogP contribution in [0.15, 0.2) is 18.3 Å². The molecule has 0 unspecified atom stereocenters. The number of hydrogen-bond donors (Lipinski definition) is 1. The normalized spacial score (nSPS) is 10.3. The number of nitrogens with two attached hydrogens (primary N) is 1. The molecule has 2 rings (SSSR count). The lowest BCUT2D eigenvalue weighted by molar-refractivity contribution is 0.324. The van der Waals surface area contributed by atoms with Gasteiger partial charge in [-0.3, -0.25) is 0 Å². The fourth-order valence-corrected chi connectivity index (χ4v) is 2.13. The van der Waals surface area contributed by atoms with Gasteiger partial charge in [-0.25, -0.2) is 9.97 Å². The summed E-state index contributed by atoms with van der Waals surface area (Å²) >= 11 is 5.70. The van der Waals surface area contributed by atoms with Crippen LogP contribution in [0.25, 0.3) is 0 Å². The summed E-state index contributed by atoms with van der Waals surface area (Å²) in [6.07, 6.45) is 2.13. The van der Waals surface area contributed by atoms with Crippen LogP contribution in [0.4, 0.5) is 5.82 Å². The van der Waals surface area contributed by atoms with Gasteiger partial charge >= 0.3 is 0 Å². The molecule has 0 atom stereocenters.